The van der Waals surface area contributed by atoms with Gasteiger partial charge >= 0.3 is 0 Å². The molecule has 0 saturated carbocycles. The standard InChI is InChI=1S/C15H12FN3O2/c1-9-4-10(6-17)2-3-11(9)7-19-15(21)14-13(20)5-12(16)8-18-14/h2-5,8,20H,7H2,1H3,(H,19,21). The third-order valence-corrected chi connectivity index (χ3v) is 2.96. The number of halogens is 1. The van der Waals surface area contributed by atoms with Gasteiger partial charge in [-0.15, -0.1) is 0 Å². The first-order valence-electron chi connectivity index (χ1n) is 6.13. The number of benzene rings is 1. The SMILES string of the molecule is Cc1cc(C#N)ccc1CNC(=O)c1ncc(F)cc1O. The zero-order chi connectivity index (χ0) is 15.4. The molecule has 21 heavy (non-hydrogen) atoms. The van der Waals surface area contributed by atoms with Crippen molar-refractivity contribution >= 4 is 5.91 Å². The van der Waals surface area contributed by atoms with Crippen molar-refractivity contribution < 1.29 is 14.3 Å². The van der Waals surface area contributed by atoms with Gasteiger partial charge in [-0.05, 0) is 30.2 Å². The van der Waals surface area contributed by atoms with Crippen LogP contribution in [0.25, 0.3) is 0 Å². The topological polar surface area (TPSA) is 86.0 Å². The van der Waals surface area contributed by atoms with E-state index in [0.717, 1.165) is 23.4 Å². The summed E-state index contributed by atoms with van der Waals surface area (Å²) in [5.41, 5.74) is 2.01. The summed E-state index contributed by atoms with van der Waals surface area (Å²) >= 11 is 0. The molecule has 5 nitrogen and oxygen atoms in total. The molecule has 0 aliphatic carbocycles. The number of aromatic hydroxyl groups is 1. The summed E-state index contributed by atoms with van der Waals surface area (Å²) in [4.78, 5) is 15.4. The third kappa shape index (κ3) is 3.34. The van der Waals surface area contributed by atoms with E-state index >= 15 is 0 Å². The molecule has 0 saturated heterocycles. The highest BCUT2D eigenvalue weighted by Gasteiger charge is 2.13. The lowest BCUT2D eigenvalue weighted by molar-refractivity contribution is 0.0943. The van der Waals surface area contributed by atoms with Crippen LogP contribution >= 0.6 is 0 Å². The maximum Gasteiger partial charge on any atom is 0.274 e. The molecule has 6 heteroatoms. The summed E-state index contributed by atoms with van der Waals surface area (Å²) in [6.45, 7) is 2.05. The molecular formula is C15H12FN3O2. The minimum atomic E-state index is -0.716. The van der Waals surface area contributed by atoms with Gasteiger partial charge in [-0.25, -0.2) is 9.37 Å². The molecule has 1 heterocycles. The number of carbonyl (C=O) groups excluding carboxylic acids is 1. The van der Waals surface area contributed by atoms with Crippen molar-refractivity contribution in [2.24, 2.45) is 0 Å². The summed E-state index contributed by atoms with van der Waals surface area (Å²) in [5, 5.41) is 20.9. The second kappa shape index (κ2) is 6.01. The average Bonchev–Trinajstić information content (AvgIpc) is 2.45. The highest BCUT2D eigenvalue weighted by molar-refractivity contribution is 5.94. The summed E-state index contributed by atoms with van der Waals surface area (Å²) in [6.07, 6.45) is 0.863. The Kier molecular flexibility index (Phi) is 4.14. The number of hydrogen-bond donors (Lipinski definition) is 2. The number of nitrogens with zero attached hydrogens (tertiary/aromatic N) is 2. The zero-order valence-corrected chi connectivity index (χ0v) is 11.2. The van der Waals surface area contributed by atoms with E-state index in [2.05, 4.69) is 10.3 Å². The molecule has 0 aliphatic rings. The van der Waals surface area contributed by atoms with Crippen LogP contribution in [0.4, 0.5) is 4.39 Å². The number of rotatable bonds is 3. The highest BCUT2D eigenvalue weighted by Crippen LogP contribution is 2.15. The first-order valence-corrected chi connectivity index (χ1v) is 6.13. The van der Waals surface area contributed by atoms with E-state index < -0.39 is 17.5 Å². The summed E-state index contributed by atoms with van der Waals surface area (Å²) < 4.78 is 12.8. The van der Waals surface area contributed by atoms with Gasteiger partial charge < -0.3 is 10.4 Å². The number of aryl methyl sites for hydroxylation is 1. The van der Waals surface area contributed by atoms with E-state index in [-0.39, 0.29) is 12.2 Å². The summed E-state index contributed by atoms with van der Waals surface area (Å²) in [7, 11) is 0. The first-order chi connectivity index (χ1) is 10.0. The van der Waals surface area contributed by atoms with Gasteiger partial charge in [0.15, 0.2) is 5.69 Å². The molecule has 1 amide bonds. The Labute approximate surface area is 120 Å². The van der Waals surface area contributed by atoms with Crippen molar-refractivity contribution in [3.05, 3.63) is 58.7 Å². The van der Waals surface area contributed by atoms with Crippen LogP contribution in [0.15, 0.2) is 30.5 Å². The van der Waals surface area contributed by atoms with E-state index in [1.165, 1.54) is 0 Å². The van der Waals surface area contributed by atoms with Gasteiger partial charge in [-0.2, -0.15) is 5.26 Å². The first kappa shape index (κ1) is 14.5. The number of hydrogen-bond acceptors (Lipinski definition) is 4. The molecule has 2 aromatic rings. The number of nitrogens with one attached hydrogen (secondary N) is 1. The normalized spacial score (nSPS) is 9.95. The molecule has 1 aromatic heterocycles. The van der Waals surface area contributed by atoms with Gasteiger partial charge in [-0.3, -0.25) is 4.79 Å². The van der Waals surface area contributed by atoms with Crippen LogP contribution in [0.3, 0.4) is 0 Å². The van der Waals surface area contributed by atoms with Crippen LogP contribution in [-0.2, 0) is 6.54 Å². The number of nitriles is 1. The van der Waals surface area contributed by atoms with Crippen molar-refractivity contribution in [1.29, 1.82) is 5.26 Å². The van der Waals surface area contributed by atoms with E-state index in [1.54, 1.807) is 18.2 Å². The van der Waals surface area contributed by atoms with Gasteiger partial charge in [0.1, 0.15) is 11.6 Å². The number of aromatic nitrogens is 1. The van der Waals surface area contributed by atoms with Crippen LogP contribution in [-0.4, -0.2) is 16.0 Å². The third-order valence-electron chi connectivity index (χ3n) is 2.96. The summed E-state index contributed by atoms with van der Waals surface area (Å²) in [6, 6.07) is 7.98. The van der Waals surface area contributed by atoms with Crippen molar-refractivity contribution in [2.45, 2.75) is 13.5 Å². The molecule has 0 spiro atoms. The molecule has 0 bridgehead atoms. The number of carbonyl (C=O) groups is 1. The molecule has 0 unspecified atom stereocenters. The Morgan fingerprint density at radius 1 is 1.48 bits per heavy atom. The van der Waals surface area contributed by atoms with E-state index in [9.17, 15) is 14.3 Å². The predicted molar refractivity (Wildman–Crippen MR) is 72.9 cm³/mol. The maximum absolute atomic E-state index is 12.8. The van der Waals surface area contributed by atoms with E-state index in [4.69, 9.17) is 5.26 Å². The molecular weight excluding hydrogens is 273 g/mol. The van der Waals surface area contributed by atoms with Crippen molar-refractivity contribution in [3.63, 3.8) is 0 Å². The van der Waals surface area contributed by atoms with Crippen LogP contribution < -0.4 is 5.32 Å². The Morgan fingerprint density at radius 2 is 2.24 bits per heavy atom. The molecule has 1 aromatic carbocycles. The van der Waals surface area contributed by atoms with Crippen LogP contribution in [0.5, 0.6) is 5.75 Å². The lowest BCUT2D eigenvalue weighted by Gasteiger charge is -2.08. The van der Waals surface area contributed by atoms with Crippen LogP contribution in [0.1, 0.15) is 27.2 Å². The minimum Gasteiger partial charge on any atom is -0.505 e. The number of amides is 1. The fraction of sp³-hybridized carbons (Fsp3) is 0.133. The Hall–Kier alpha value is -2.94. The van der Waals surface area contributed by atoms with Gasteiger partial charge in [0.05, 0.1) is 17.8 Å². The molecule has 0 fully saturated rings. The molecule has 2 rings (SSSR count). The fourth-order valence-corrected chi connectivity index (χ4v) is 1.83. The second-order valence-electron chi connectivity index (χ2n) is 4.46. The molecule has 0 aliphatic heterocycles. The number of pyridine rings is 1. The van der Waals surface area contributed by atoms with Gasteiger partial charge in [-0.1, -0.05) is 6.07 Å². The van der Waals surface area contributed by atoms with Gasteiger partial charge in [0, 0.05) is 12.6 Å². The van der Waals surface area contributed by atoms with Crippen molar-refractivity contribution in [3.8, 4) is 11.8 Å². The Morgan fingerprint density at radius 3 is 2.86 bits per heavy atom. The monoisotopic (exact) mass is 285 g/mol. The van der Waals surface area contributed by atoms with Gasteiger partial charge in [0.2, 0.25) is 0 Å². The largest absolute Gasteiger partial charge is 0.505 e. The van der Waals surface area contributed by atoms with Crippen LogP contribution in [0.2, 0.25) is 0 Å². The average molecular weight is 285 g/mol. The fourth-order valence-electron chi connectivity index (χ4n) is 1.83. The molecule has 0 radical (unpaired) electrons. The van der Waals surface area contributed by atoms with Gasteiger partial charge in [0.25, 0.3) is 5.91 Å². The smallest absolute Gasteiger partial charge is 0.274 e. The molecule has 2 N–H and O–H groups in total. The predicted octanol–water partition coefficient (Wildman–Crippen LogP) is 2.04. The lowest BCUT2D eigenvalue weighted by atomic mass is 10.1. The minimum absolute atomic E-state index is 0.217. The van der Waals surface area contributed by atoms with Crippen LogP contribution in [0, 0.1) is 24.1 Å². The zero-order valence-electron chi connectivity index (χ0n) is 11.2. The highest BCUT2D eigenvalue weighted by atomic mass is 19.1. The van der Waals surface area contributed by atoms with E-state index in [1.807, 2.05) is 13.0 Å². The lowest BCUT2D eigenvalue weighted by Crippen LogP contribution is -2.24. The van der Waals surface area contributed by atoms with Crippen molar-refractivity contribution in [1.82, 2.24) is 10.3 Å². The molecule has 0 atom stereocenters. The molecule has 106 valence electrons. The quantitative estimate of drug-likeness (QED) is 0.903. The maximum atomic E-state index is 12.8. The Bertz CT molecular complexity index is 738. The van der Waals surface area contributed by atoms with E-state index in [0.29, 0.717) is 5.56 Å². The summed E-state index contributed by atoms with van der Waals surface area (Å²) in [5.74, 6) is -1.83. The second-order valence-corrected chi connectivity index (χ2v) is 4.46. The van der Waals surface area contributed by atoms with Crippen molar-refractivity contribution in [2.75, 3.05) is 0 Å². The Balaban J connectivity index is 2.09.